The van der Waals surface area contributed by atoms with Gasteiger partial charge in [-0.05, 0) is 0 Å². The molecule has 0 nitrogen and oxygen atoms in total. The predicted octanol–water partition coefficient (Wildman–Crippen LogP) is 1.37. The third kappa shape index (κ3) is 4.06. The Kier molecular flexibility index (Phi) is 2.34. The van der Waals surface area contributed by atoms with Gasteiger partial charge in [0.25, 0.3) is 0 Å². The third-order valence-corrected chi connectivity index (χ3v) is 0.644. The molecule has 0 fully saturated rings. The first-order valence-corrected chi connectivity index (χ1v) is 2.03. The van der Waals surface area contributed by atoms with E-state index in [0.29, 0.717) is 5.82 Å². The molecule has 1 unspecified atom stereocenters. The first-order chi connectivity index (χ1) is 2.27. The fourth-order valence-corrected chi connectivity index (χ4v) is 0. The molecule has 5 heavy (non-hydrogen) atoms. The summed E-state index contributed by atoms with van der Waals surface area (Å²) in [5, 5.41) is 0. The Bertz CT molecular complexity index is 17.6. The van der Waals surface area contributed by atoms with Crippen LogP contribution in [-0.4, -0.2) is 7.85 Å². The molecule has 0 aromatic heterocycles. The summed E-state index contributed by atoms with van der Waals surface area (Å²) in [4.78, 5) is 0. The van der Waals surface area contributed by atoms with Crippen LogP contribution in [0.15, 0.2) is 0 Å². The molecule has 1 heteroatoms. The van der Waals surface area contributed by atoms with Crippen molar-refractivity contribution in [2.75, 3.05) is 0 Å². The SMILES string of the molecule is [B]C(C)CC. The highest BCUT2D eigenvalue weighted by atomic mass is 13.8. The Labute approximate surface area is 35.0 Å². The Morgan fingerprint density at radius 3 is 2.00 bits per heavy atom. The van der Waals surface area contributed by atoms with Crippen molar-refractivity contribution in [1.29, 1.82) is 0 Å². The van der Waals surface area contributed by atoms with Crippen molar-refractivity contribution >= 4 is 7.85 Å². The van der Waals surface area contributed by atoms with E-state index in [9.17, 15) is 0 Å². The molecule has 0 aliphatic carbocycles. The molecular formula is C4H9B. The van der Waals surface area contributed by atoms with Gasteiger partial charge < -0.3 is 0 Å². The van der Waals surface area contributed by atoms with Crippen molar-refractivity contribution in [3.05, 3.63) is 0 Å². The van der Waals surface area contributed by atoms with E-state index in [4.69, 9.17) is 7.85 Å². The van der Waals surface area contributed by atoms with E-state index in [0.717, 1.165) is 6.42 Å². The zero-order valence-electron chi connectivity index (χ0n) is 3.86. The normalized spacial score (nSPS) is 14.8. The van der Waals surface area contributed by atoms with Crippen LogP contribution in [0, 0.1) is 0 Å². The summed E-state index contributed by atoms with van der Waals surface area (Å²) in [6, 6.07) is 0. The Morgan fingerprint density at radius 2 is 2.00 bits per heavy atom. The van der Waals surface area contributed by atoms with Crippen molar-refractivity contribution in [3.63, 3.8) is 0 Å². The molecule has 0 spiro atoms. The Morgan fingerprint density at radius 1 is 1.80 bits per heavy atom. The number of rotatable bonds is 1. The maximum absolute atomic E-state index is 5.29. The highest BCUT2D eigenvalue weighted by molar-refractivity contribution is 6.11. The van der Waals surface area contributed by atoms with Gasteiger partial charge in [0.2, 0.25) is 0 Å². The molecule has 0 aromatic rings. The summed E-state index contributed by atoms with van der Waals surface area (Å²) >= 11 is 0. The Hall–Kier alpha value is 0.0649. The van der Waals surface area contributed by atoms with E-state index in [-0.39, 0.29) is 0 Å². The average Bonchev–Trinajstić information content (AvgIpc) is 1.38. The first-order valence-electron chi connectivity index (χ1n) is 2.03. The second kappa shape index (κ2) is 2.31. The lowest BCUT2D eigenvalue weighted by atomic mass is 9.88. The second-order valence-electron chi connectivity index (χ2n) is 1.39. The highest BCUT2D eigenvalue weighted by Gasteiger charge is 1.80. The lowest BCUT2D eigenvalue weighted by molar-refractivity contribution is 0.880. The van der Waals surface area contributed by atoms with E-state index >= 15 is 0 Å². The summed E-state index contributed by atoms with van der Waals surface area (Å²) in [6.07, 6.45) is 1.08. The van der Waals surface area contributed by atoms with Crippen LogP contribution >= 0.6 is 0 Å². The molecule has 0 rings (SSSR count). The van der Waals surface area contributed by atoms with Gasteiger partial charge in [-0.2, -0.15) is 0 Å². The van der Waals surface area contributed by atoms with E-state index in [1.807, 2.05) is 6.92 Å². The van der Waals surface area contributed by atoms with Crippen LogP contribution in [0.25, 0.3) is 0 Å². The summed E-state index contributed by atoms with van der Waals surface area (Å²) in [7, 11) is 5.29. The summed E-state index contributed by atoms with van der Waals surface area (Å²) < 4.78 is 0. The minimum Gasteiger partial charge on any atom is -0.0804 e. The van der Waals surface area contributed by atoms with Gasteiger partial charge in [0.05, 0.1) is 7.85 Å². The quantitative estimate of drug-likeness (QED) is 0.407. The van der Waals surface area contributed by atoms with Crippen LogP contribution < -0.4 is 0 Å². The zero-order valence-corrected chi connectivity index (χ0v) is 3.86. The molecular weight excluding hydrogens is 58.9 g/mol. The number of hydrogen-bond acceptors (Lipinski definition) is 0. The smallest absolute Gasteiger partial charge is 0.0695 e. The summed E-state index contributed by atoms with van der Waals surface area (Å²) in [5.41, 5.74) is 0. The standard InChI is InChI=1S/C4H9B/c1-3-4(2)5/h4H,3H2,1-2H3. The van der Waals surface area contributed by atoms with Gasteiger partial charge in [-0.3, -0.25) is 0 Å². The van der Waals surface area contributed by atoms with Crippen LogP contribution in [0.1, 0.15) is 20.3 Å². The fourth-order valence-electron chi connectivity index (χ4n) is 0. The number of hydrogen-bond donors (Lipinski definition) is 0. The molecule has 0 heterocycles. The molecule has 0 aliphatic heterocycles. The van der Waals surface area contributed by atoms with Crippen molar-refractivity contribution < 1.29 is 0 Å². The van der Waals surface area contributed by atoms with Gasteiger partial charge in [-0.1, -0.05) is 26.1 Å². The van der Waals surface area contributed by atoms with E-state index in [1.54, 1.807) is 0 Å². The largest absolute Gasteiger partial charge is 0.0804 e. The van der Waals surface area contributed by atoms with Crippen molar-refractivity contribution in [2.45, 2.75) is 26.1 Å². The minimum atomic E-state index is 0.384. The molecule has 0 aromatic carbocycles. The van der Waals surface area contributed by atoms with Crippen LogP contribution in [-0.2, 0) is 0 Å². The van der Waals surface area contributed by atoms with Crippen molar-refractivity contribution in [3.8, 4) is 0 Å². The molecule has 0 aliphatic rings. The van der Waals surface area contributed by atoms with Crippen LogP contribution in [0.5, 0.6) is 0 Å². The minimum absolute atomic E-state index is 0.384. The molecule has 0 bridgehead atoms. The molecule has 0 amide bonds. The topological polar surface area (TPSA) is 0 Å². The van der Waals surface area contributed by atoms with Crippen LogP contribution in [0.4, 0.5) is 0 Å². The van der Waals surface area contributed by atoms with Gasteiger partial charge in [-0.15, -0.1) is 0 Å². The second-order valence-corrected chi connectivity index (χ2v) is 1.39. The lowest BCUT2D eigenvalue weighted by Gasteiger charge is -1.90. The van der Waals surface area contributed by atoms with Gasteiger partial charge in [0, 0.05) is 0 Å². The zero-order chi connectivity index (χ0) is 4.28. The molecule has 2 radical (unpaired) electrons. The molecule has 0 saturated heterocycles. The van der Waals surface area contributed by atoms with Crippen LogP contribution in [0.3, 0.4) is 0 Å². The lowest BCUT2D eigenvalue weighted by Crippen LogP contribution is -1.76. The Balaban J connectivity index is 2.54. The van der Waals surface area contributed by atoms with Gasteiger partial charge in [-0.25, -0.2) is 0 Å². The van der Waals surface area contributed by atoms with Crippen molar-refractivity contribution in [2.24, 2.45) is 0 Å². The maximum Gasteiger partial charge on any atom is 0.0695 e. The summed E-state index contributed by atoms with van der Waals surface area (Å²) in [5.74, 6) is 0.384. The van der Waals surface area contributed by atoms with Gasteiger partial charge in [0.1, 0.15) is 0 Å². The average molecular weight is 67.9 g/mol. The maximum atomic E-state index is 5.29. The highest BCUT2D eigenvalue weighted by Crippen LogP contribution is 1.97. The van der Waals surface area contributed by atoms with E-state index < -0.39 is 0 Å². The molecule has 0 saturated carbocycles. The van der Waals surface area contributed by atoms with E-state index in [2.05, 4.69) is 6.92 Å². The van der Waals surface area contributed by atoms with Gasteiger partial charge in [0.15, 0.2) is 0 Å². The van der Waals surface area contributed by atoms with Crippen LogP contribution in [0.2, 0.25) is 5.82 Å². The molecule has 28 valence electrons. The third-order valence-electron chi connectivity index (χ3n) is 0.644. The molecule has 1 atom stereocenters. The first kappa shape index (κ1) is 5.06. The van der Waals surface area contributed by atoms with Crippen molar-refractivity contribution in [1.82, 2.24) is 0 Å². The van der Waals surface area contributed by atoms with E-state index in [1.165, 1.54) is 0 Å². The monoisotopic (exact) mass is 68.1 g/mol. The fraction of sp³-hybridized carbons (Fsp3) is 1.00. The van der Waals surface area contributed by atoms with Gasteiger partial charge >= 0.3 is 0 Å². The molecule has 0 N–H and O–H groups in total. The predicted molar refractivity (Wildman–Crippen MR) is 25.5 cm³/mol. The summed E-state index contributed by atoms with van der Waals surface area (Å²) in [6.45, 7) is 4.07.